The summed E-state index contributed by atoms with van der Waals surface area (Å²) in [5.74, 6) is -1.21. The Labute approximate surface area is 180 Å². The Balaban J connectivity index is 1.47. The number of nitrogens with zero attached hydrogens (tertiary/aromatic N) is 2. The van der Waals surface area contributed by atoms with Crippen LogP contribution in [0.3, 0.4) is 0 Å². The van der Waals surface area contributed by atoms with E-state index in [1.54, 1.807) is 42.3 Å². The highest BCUT2D eigenvalue weighted by atomic mass is 35.5. The number of carbonyl (C=O) groups is 3. The fourth-order valence-electron chi connectivity index (χ4n) is 3.96. The second-order valence-corrected chi connectivity index (χ2v) is 8.09. The highest BCUT2D eigenvalue weighted by Gasteiger charge is 2.47. The molecular weight excluding hydrogens is 402 g/mol. The van der Waals surface area contributed by atoms with Gasteiger partial charge in [0.25, 0.3) is 17.7 Å². The Hall–Kier alpha value is -3.12. The molecule has 1 aliphatic heterocycles. The van der Waals surface area contributed by atoms with Gasteiger partial charge in [0.05, 0.1) is 17.5 Å². The molecule has 1 fully saturated rings. The van der Waals surface area contributed by atoms with Gasteiger partial charge in [-0.2, -0.15) is 5.01 Å². The van der Waals surface area contributed by atoms with Crippen molar-refractivity contribution < 1.29 is 14.4 Å². The van der Waals surface area contributed by atoms with Crippen LogP contribution in [0.15, 0.2) is 60.7 Å². The maximum Gasteiger partial charge on any atom is 0.253 e. The van der Waals surface area contributed by atoms with Crippen LogP contribution in [-0.2, 0) is 16.1 Å². The standard InChI is InChI=1S/C23H22ClN3O3/c1-26(14-15-6-4-8-17(24)12-15)21(28)16-7-5-9-18(13-16)25-27-22(29)19-10-2-3-11-20(19)23(27)30/h2-9,12-13,19-20,25H,10-11,14H2,1H3/t19-,20-/m1/s1. The van der Waals surface area contributed by atoms with E-state index in [0.717, 1.165) is 10.6 Å². The average Bonchev–Trinajstić information content (AvgIpc) is 2.98. The minimum absolute atomic E-state index is 0.171. The molecule has 0 saturated carbocycles. The molecule has 0 unspecified atom stereocenters. The van der Waals surface area contributed by atoms with E-state index in [4.69, 9.17) is 11.6 Å². The van der Waals surface area contributed by atoms with Crippen molar-refractivity contribution in [3.8, 4) is 0 Å². The molecule has 2 aromatic carbocycles. The second-order valence-electron chi connectivity index (χ2n) is 7.65. The number of halogens is 1. The molecule has 1 N–H and O–H groups in total. The van der Waals surface area contributed by atoms with Crippen molar-refractivity contribution in [2.45, 2.75) is 19.4 Å². The first kappa shape index (κ1) is 20.2. The number of hydrogen-bond acceptors (Lipinski definition) is 4. The van der Waals surface area contributed by atoms with E-state index in [2.05, 4.69) is 5.43 Å². The molecule has 6 nitrogen and oxygen atoms in total. The summed E-state index contributed by atoms with van der Waals surface area (Å²) >= 11 is 6.02. The van der Waals surface area contributed by atoms with E-state index in [1.165, 1.54) is 0 Å². The lowest BCUT2D eigenvalue weighted by atomic mass is 9.85. The first-order valence-electron chi connectivity index (χ1n) is 9.83. The van der Waals surface area contributed by atoms with Crippen molar-refractivity contribution in [1.29, 1.82) is 0 Å². The third kappa shape index (κ3) is 3.96. The van der Waals surface area contributed by atoms with Crippen molar-refractivity contribution in [3.05, 3.63) is 76.8 Å². The largest absolute Gasteiger partial charge is 0.337 e. The van der Waals surface area contributed by atoms with Gasteiger partial charge in [-0.3, -0.25) is 19.8 Å². The lowest BCUT2D eigenvalue weighted by Crippen LogP contribution is -2.36. The summed E-state index contributed by atoms with van der Waals surface area (Å²) in [6, 6.07) is 14.2. The maximum atomic E-state index is 12.9. The molecular formula is C23H22ClN3O3. The van der Waals surface area contributed by atoms with Crippen LogP contribution in [0.4, 0.5) is 5.69 Å². The molecule has 30 heavy (non-hydrogen) atoms. The number of carbonyl (C=O) groups excluding carboxylic acids is 3. The molecule has 4 rings (SSSR count). The summed E-state index contributed by atoms with van der Waals surface area (Å²) in [6.45, 7) is 0.413. The summed E-state index contributed by atoms with van der Waals surface area (Å²) in [5.41, 5.74) is 4.81. The third-order valence-electron chi connectivity index (χ3n) is 5.51. The quantitative estimate of drug-likeness (QED) is 0.585. The topological polar surface area (TPSA) is 69.7 Å². The molecule has 0 bridgehead atoms. The molecule has 2 aliphatic rings. The Morgan fingerprint density at radius 1 is 1.07 bits per heavy atom. The first-order chi connectivity index (χ1) is 14.4. The Morgan fingerprint density at radius 3 is 2.40 bits per heavy atom. The van der Waals surface area contributed by atoms with Crippen molar-refractivity contribution >= 4 is 35.0 Å². The number of amides is 3. The normalized spacial score (nSPS) is 20.3. The van der Waals surface area contributed by atoms with Gasteiger partial charge in [0.15, 0.2) is 0 Å². The van der Waals surface area contributed by atoms with Crippen LogP contribution in [0.2, 0.25) is 5.02 Å². The minimum atomic E-state index is -0.302. The fraction of sp³-hybridized carbons (Fsp3) is 0.261. The van der Waals surface area contributed by atoms with E-state index in [1.807, 2.05) is 30.4 Å². The molecule has 2 atom stereocenters. The smallest absolute Gasteiger partial charge is 0.253 e. The Morgan fingerprint density at radius 2 is 1.73 bits per heavy atom. The van der Waals surface area contributed by atoms with Gasteiger partial charge in [-0.1, -0.05) is 42.0 Å². The third-order valence-corrected chi connectivity index (χ3v) is 5.75. The van der Waals surface area contributed by atoms with Crippen molar-refractivity contribution in [2.24, 2.45) is 11.8 Å². The van der Waals surface area contributed by atoms with Crippen LogP contribution in [0.5, 0.6) is 0 Å². The zero-order chi connectivity index (χ0) is 21.3. The Kier molecular flexibility index (Phi) is 5.59. The molecule has 3 amide bonds. The van der Waals surface area contributed by atoms with Gasteiger partial charge in [-0.05, 0) is 48.7 Å². The first-order valence-corrected chi connectivity index (χ1v) is 10.2. The predicted molar refractivity (Wildman–Crippen MR) is 115 cm³/mol. The van der Waals surface area contributed by atoms with Gasteiger partial charge in [0.2, 0.25) is 0 Å². The van der Waals surface area contributed by atoms with Gasteiger partial charge < -0.3 is 4.90 Å². The summed E-state index contributed by atoms with van der Waals surface area (Å²) in [5, 5.41) is 1.72. The summed E-state index contributed by atoms with van der Waals surface area (Å²) in [6.07, 6.45) is 5.07. The molecule has 0 spiro atoms. The number of nitrogens with one attached hydrogen (secondary N) is 1. The maximum absolute atomic E-state index is 12.9. The van der Waals surface area contributed by atoms with E-state index in [-0.39, 0.29) is 29.6 Å². The lowest BCUT2D eigenvalue weighted by molar-refractivity contribution is -0.138. The SMILES string of the molecule is CN(Cc1cccc(Cl)c1)C(=O)c1cccc(NN2C(=O)[C@@H]3CC=CC[C@H]3C2=O)c1. The number of fused-ring (bicyclic) bond motifs is 1. The monoisotopic (exact) mass is 423 g/mol. The second kappa shape index (κ2) is 8.32. The molecule has 0 radical (unpaired) electrons. The van der Waals surface area contributed by atoms with Gasteiger partial charge >= 0.3 is 0 Å². The highest BCUT2D eigenvalue weighted by Crippen LogP contribution is 2.35. The number of imide groups is 1. The van der Waals surface area contributed by atoms with E-state index in [0.29, 0.717) is 35.7 Å². The fourth-order valence-corrected chi connectivity index (χ4v) is 4.18. The van der Waals surface area contributed by atoms with Gasteiger partial charge in [0, 0.05) is 24.2 Å². The van der Waals surface area contributed by atoms with Gasteiger partial charge in [-0.25, -0.2) is 0 Å². The number of hydrogen-bond donors (Lipinski definition) is 1. The van der Waals surface area contributed by atoms with Crippen molar-refractivity contribution in [2.75, 3.05) is 12.5 Å². The van der Waals surface area contributed by atoms with Crippen LogP contribution in [0.1, 0.15) is 28.8 Å². The molecule has 7 heteroatoms. The highest BCUT2D eigenvalue weighted by molar-refractivity contribution is 6.30. The molecule has 2 aromatic rings. The van der Waals surface area contributed by atoms with Crippen LogP contribution in [0.25, 0.3) is 0 Å². The van der Waals surface area contributed by atoms with E-state index in [9.17, 15) is 14.4 Å². The number of rotatable bonds is 5. The molecule has 1 aliphatic carbocycles. The summed E-state index contributed by atoms with van der Waals surface area (Å²) in [7, 11) is 1.72. The van der Waals surface area contributed by atoms with Crippen molar-refractivity contribution in [1.82, 2.24) is 9.91 Å². The zero-order valence-corrected chi connectivity index (χ0v) is 17.3. The Bertz CT molecular complexity index is 1010. The lowest BCUT2D eigenvalue weighted by Gasteiger charge is -2.20. The zero-order valence-electron chi connectivity index (χ0n) is 16.5. The van der Waals surface area contributed by atoms with Crippen LogP contribution < -0.4 is 5.43 Å². The van der Waals surface area contributed by atoms with Crippen LogP contribution >= 0.6 is 11.6 Å². The predicted octanol–water partition coefficient (Wildman–Crippen LogP) is 3.89. The molecule has 1 heterocycles. The number of hydrazine groups is 1. The summed E-state index contributed by atoms with van der Waals surface area (Å²) in [4.78, 5) is 39.7. The summed E-state index contributed by atoms with van der Waals surface area (Å²) < 4.78 is 0. The number of benzene rings is 2. The van der Waals surface area contributed by atoms with E-state index >= 15 is 0 Å². The molecule has 154 valence electrons. The number of allylic oxidation sites excluding steroid dienone is 2. The van der Waals surface area contributed by atoms with Crippen LogP contribution in [-0.4, -0.2) is 34.7 Å². The van der Waals surface area contributed by atoms with Crippen LogP contribution in [0, 0.1) is 11.8 Å². The average molecular weight is 424 g/mol. The van der Waals surface area contributed by atoms with Gasteiger partial charge in [-0.15, -0.1) is 0 Å². The molecule has 0 aromatic heterocycles. The van der Waals surface area contributed by atoms with Gasteiger partial charge in [0.1, 0.15) is 0 Å². The number of anilines is 1. The van der Waals surface area contributed by atoms with E-state index < -0.39 is 0 Å². The molecule has 1 saturated heterocycles. The minimum Gasteiger partial charge on any atom is -0.337 e. The van der Waals surface area contributed by atoms with Crippen molar-refractivity contribution in [3.63, 3.8) is 0 Å².